The molecular formula is C15H32N2O. The molecule has 1 unspecified atom stereocenters. The van der Waals surface area contributed by atoms with Crippen LogP contribution in [-0.4, -0.2) is 48.3 Å². The molecule has 0 aromatic rings. The van der Waals surface area contributed by atoms with Crippen LogP contribution >= 0.6 is 0 Å². The van der Waals surface area contributed by atoms with Crippen LogP contribution in [0.1, 0.15) is 47.0 Å². The second kappa shape index (κ2) is 8.13. The zero-order chi connectivity index (χ0) is 13.5. The Morgan fingerprint density at radius 1 is 1.11 bits per heavy atom. The number of nitrogens with zero attached hydrogens (tertiary/aromatic N) is 1. The summed E-state index contributed by atoms with van der Waals surface area (Å²) in [4.78, 5) is 2.55. The fraction of sp³-hybridized carbons (Fsp3) is 1.00. The number of rotatable bonds is 10. The highest BCUT2D eigenvalue weighted by Gasteiger charge is 2.24. The van der Waals surface area contributed by atoms with E-state index in [1.807, 2.05) is 0 Å². The van der Waals surface area contributed by atoms with Gasteiger partial charge in [-0.1, -0.05) is 27.7 Å². The minimum absolute atomic E-state index is 0.272. The molecule has 0 saturated heterocycles. The molecule has 0 aromatic heterocycles. The van der Waals surface area contributed by atoms with Crippen molar-refractivity contribution in [2.24, 2.45) is 11.8 Å². The van der Waals surface area contributed by atoms with Gasteiger partial charge in [-0.3, -0.25) is 0 Å². The average molecular weight is 256 g/mol. The first kappa shape index (κ1) is 15.9. The summed E-state index contributed by atoms with van der Waals surface area (Å²) in [5.41, 5.74) is 0. The highest BCUT2D eigenvalue weighted by molar-refractivity contribution is 4.85. The average Bonchev–Trinajstić information content (AvgIpc) is 3.05. The minimum Gasteiger partial charge on any atom is -0.395 e. The topological polar surface area (TPSA) is 35.5 Å². The van der Waals surface area contributed by atoms with Crippen LogP contribution < -0.4 is 5.32 Å². The SMILES string of the molecule is CC(C)CN(CCC(CO)NC1CC1)CC(C)C. The van der Waals surface area contributed by atoms with Gasteiger partial charge < -0.3 is 15.3 Å². The maximum absolute atomic E-state index is 9.40. The third kappa shape index (κ3) is 7.34. The fourth-order valence-electron chi connectivity index (χ4n) is 2.44. The van der Waals surface area contributed by atoms with Crippen LogP contribution in [0.2, 0.25) is 0 Å². The number of hydrogen-bond acceptors (Lipinski definition) is 3. The second-order valence-electron chi connectivity index (χ2n) is 6.66. The van der Waals surface area contributed by atoms with Crippen LogP contribution in [0, 0.1) is 11.8 Å². The summed E-state index contributed by atoms with van der Waals surface area (Å²) in [5, 5.41) is 12.9. The van der Waals surface area contributed by atoms with E-state index in [1.165, 1.54) is 25.9 Å². The summed E-state index contributed by atoms with van der Waals surface area (Å²) >= 11 is 0. The smallest absolute Gasteiger partial charge is 0.0585 e. The standard InChI is InChI=1S/C15H32N2O/c1-12(2)9-17(10-13(3)4)8-7-15(11-18)16-14-5-6-14/h12-16,18H,5-11H2,1-4H3. The Morgan fingerprint density at radius 3 is 2.06 bits per heavy atom. The molecule has 2 N–H and O–H groups in total. The minimum atomic E-state index is 0.272. The highest BCUT2D eigenvalue weighted by atomic mass is 16.3. The van der Waals surface area contributed by atoms with Gasteiger partial charge in [-0.05, 0) is 37.6 Å². The van der Waals surface area contributed by atoms with E-state index in [9.17, 15) is 5.11 Å². The van der Waals surface area contributed by atoms with Gasteiger partial charge >= 0.3 is 0 Å². The van der Waals surface area contributed by atoms with Gasteiger partial charge in [0.05, 0.1) is 6.61 Å². The highest BCUT2D eigenvalue weighted by Crippen LogP contribution is 2.20. The quantitative estimate of drug-likeness (QED) is 0.628. The first-order valence-electron chi connectivity index (χ1n) is 7.60. The van der Waals surface area contributed by atoms with Crippen LogP contribution in [0.25, 0.3) is 0 Å². The van der Waals surface area contributed by atoms with E-state index < -0.39 is 0 Å². The summed E-state index contributed by atoms with van der Waals surface area (Å²) in [6.45, 7) is 12.8. The summed E-state index contributed by atoms with van der Waals surface area (Å²) in [6.07, 6.45) is 3.64. The Labute approximate surface area is 113 Å². The Hall–Kier alpha value is -0.120. The molecule has 0 spiro atoms. The van der Waals surface area contributed by atoms with Gasteiger partial charge in [0.25, 0.3) is 0 Å². The normalized spacial score (nSPS) is 18.0. The van der Waals surface area contributed by atoms with Crippen LogP contribution in [0.4, 0.5) is 0 Å². The third-order valence-corrected chi connectivity index (χ3v) is 3.31. The molecule has 3 nitrogen and oxygen atoms in total. The molecule has 0 heterocycles. The first-order chi connectivity index (χ1) is 8.51. The molecule has 0 radical (unpaired) electrons. The molecule has 0 amide bonds. The van der Waals surface area contributed by atoms with E-state index in [2.05, 4.69) is 37.9 Å². The van der Waals surface area contributed by atoms with Crippen LogP contribution in [0.5, 0.6) is 0 Å². The lowest BCUT2D eigenvalue weighted by Crippen LogP contribution is -2.39. The van der Waals surface area contributed by atoms with Crippen molar-refractivity contribution in [1.82, 2.24) is 10.2 Å². The summed E-state index contributed by atoms with van der Waals surface area (Å²) in [5.74, 6) is 1.43. The number of aliphatic hydroxyl groups excluding tert-OH is 1. The van der Waals surface area contributed by atoms with Gasteiger partial charge in [-0.2, -0.15) is 0 Å². The lowest BCUT2D eigenvalue weighted by molar-refractivity contribution is 0.183. The molecule has 1 atom stereocenters. The predicted molar refractivity (Wildman–Crippen MR) is 77.8 cm³/mol. The van der Waals surface area contributed by atoms with Crippen molar-refractivity contribution in [2.45, 2.75) is 59.0 Å². The summed E-state index contributed by atoms with van der Waals surface area (Å²) in [7, 11) is 0. The Kier molecular flexibility index (Phi) is 7.20. The van der Waals surface area contributed by atoms with Crippen molar-refractivity contribution in [3.8, 4) is 0 Å². The Bertz CT molecular complexity index is 205. The fourth-order valence-corrected chi connectivity index (χ4v) is 2.44. The molecule has 1 saturated carbocycles. The maximum Gasteiger partial charge on any atom is 0.0585 e. The molecule has 1 fully saturated rings. The van der Waals surface area contributed by atoms with Crippen LogP contribution in [-0.2, 0) is 0 Å². The Balaban J connectivity index is 2.28. The van der Waals surface area contributed by atoms with E-state index >= 15 is 0 Å². The van der Waals surface area contributed by atoms with Crippen molar-refractivity contribution >= 4 is 0 Å². The summed E-state index contributed by atoms with van der Waals surface area (Å²) < 4.78 is 0. The largest absolute Gasteiger partial charge is 0.395 e. The lowest BCUT2D eigenvalue weighted by Gasteiger charge is -2.28. The van der Waals surface area contributed by atoms with Gasteiger partial charge in [-0.15, -0.1) is 0 Å². The maximum atomic E-state index is 9.40. The molecule has 1 aliphatic carbocycles. The number of aliphatic hydroxyl groups is 1. The lowest BCUT2D eigenvalue weighted by atomic mass is 10.1. The molecule has 1 aliphatic rings. The van der Waals surface area contributed by atoms with Gasteiger partial charge in [0.2, 0.25) is 0 Å². The second-order valence-corrected chi connectivity index (χ2v) is 6.66. The molecule has 108 valence electrons. The van der Waals surface area contributed by atoms with E-state index in [-0.39, 0.29) is 6.61 Å². The zero-order valence-electron chi connectivity index (χ0n) is 12.7. The molecule has 0 aliphatic heterocycles. The van der Waals surface area contributed by atoms with E-state index in [0.29, 0.717) is 23.9 Å². The zero-order valence-corrected chi connectivity index (χ0v) is 12.7. The van der Waals surface area contributed by atoms with E-state index in [1.54, 1.807) is 0 Å². The van der Waals surface area contributed by atoms with Gasteiger partial charge in [0.15, 0.2) is 0 Å². The monoisotopic (exact) mass is 256 g/mol. The van der Waals surface area contributed by atoms with Crippen LogP contribution in [0.15, 0.2) is 0 Å². The third-order valence-electron chi connectivity index (χ3n) is 3.31. The molecule has 18 heavy (non-hydrogen) atoms. The molecule has 1 rings (SSSR count). The van der Waals surface area contributed by atoms with Gasteiger partial charge in [-0.25, -0.2) is 0 Å². The molecule has 0 aromatic carbocycles. The number of nitrogens with one attached hydrogen (secondary N) is 1. The molecule has 0 bridgehead atoms. The summed E-state index contributed by atoms with van der Waals surface area (Å²) in [6, 6.07) is 0.977. The van der Waals surface area contributed by atoms with E-state index in [4.69, 9.17) is 0 Å². The van der Waals surface area contributed by atoms with Crippen molar-refractivity contribution in [2.75, 3.05) is 26.2 Å². The number of hydrogen-bond donors (Lipinski definition) is 2. The van der Waals surface area contributed by atoms with Crippen molar-refractivity contribution in [3.63, 3.8) is 0 Å². The first-order valence-corrected chi connectivity index (χ1v) is 7.60. The molecular weight excluding hydrogens is 224 g/mol. The Morgan fingerprint density at radius 2 is 1.67 bits per heavy atom. The van der Waals surface area contributed by atoms with E-state index in [0.717, 1.165) is 13.0 Å². The van der Waals surface area contributed by atoms with Crippen LogP contribution in [0.3, 0.4) is 0 Å². The predicted octanol–water partition coefficient (Wildman–Crippen LogP) is 2.10. The van der Waals surface area contributed by atoms with Gasteiger partial charge in [0.1, 0.15) is 0 Å². The van der Waals surface area contributed by atoms with Gasteiger partial charge in [0, 0.05) is 25.2 Å². The molecule has 3 heteroatoms. The van der Waals surface area contributed by atoms with Crippen molar-refractivity contribution < 1.29 is 5.11 Å². The van der Waals surface area contributed by atoms with Crippen molar-refractivity contribution in [1.29, 1.82) is 0 Å². The van der Waals surface area contributed by atoms with Crippen molar-refractivity contribution in [3.05, 3.63) is 0 Å².